The van der Waals surface area contributed by atoms with Crippen molar-refractivity contribution in [3.63, 3.8) is 0 Å². The highest BCUT2D eigenvalue weighted by molar-refractivity contribution is 9.10. The number of nitro groups is 1. The summed E-state index contributed by atoms with van der Waals surface area (Å²) >= 11 is 7.29. The van der Waals surface area contributed by atoms with Gasteiger partial charge in [-0.25, -0.2) is 0 Å². The molecule has 76 valence electrons. The maximum absolute atomic E-state index is 10.7. The number of hydrogen-bond acceptors (Lipinski definition) is 3. The van der Waals surface area contributed by atoms with E-state index in [0.29, 0.717) is 6.42 Å². The number of hydrogen-bond donors (Lipinski definition) is 1. The minimum Gasteiger partial charge on any atom is -0.258 e. The van der Waals surface area contributed by atoms with Gasteiger partial charge in [0.05, 0.1) is 4.92 Å². The molecular weight excluding hydrogens is 266 g/mol. The maximum atomic E-state index is 10.7. The molecule has 0 aliphatic carbocycles. The van der Waals surface area contributed by atoms with Crippen molar-refractivity contribution in [1.29, 1.82) is 0 Å². The zero-order valence-corrected chi connectivity index (χ0v) is 9.92. The molecule has 3 nitrogen and oxygen atoms in total. The third-order valence-electron chi connectivity index (χ3n) is 1.85. The summed E-state index contributed by atoms with van der Waals surface area (Å²) in [4.78, 5) is 10.4. The van der Waals surface area contributed by atoms with E-state index in [1.54, 1.807) is 6.07 Å². The lowest BCUT2D eigenvalue weighted by Gasteiger charge is -2.01. The molecule has 0 radical (unpaired) electrons. The van der Waals surface area contributed by atoms with Crippen molar-refractivity contribution in [2.45, 2.75) is 12.8 Å². The second-order valence-corrected chi connectivity index (χ2v) is 4.22. The molecule has 0 spiro atoms. The average molecular weight is 276 g/mol. The van der Waals surface area contributed by atoms with Gasteiger partial charge in [0.2, 0.25) is 0 Å². The Morgan fingerprint density at radius 3 is 2.79 bits per heavy atom. The van der Waals surface area contributed by atoms with Gasteiger partial charge in [-0.3, -0.25) is 10.1 Å². The van der Waals surface area contributed by atoms with E-state index in [0.717, 1.165) is 22.2 Å². The lowest BCUT2D eigenvalue weighted by Crippen LogP contribution is -1.96. The molecule has 1 rings (SSSR count). The molecule has 0 bridgehead atoms. The fraction of sp³-hybridized carbons (Fsp3) is 0.333. The van der Waals surface area contributed by atoms with Gasteiger partial charge in [-0.2, -0.15) is 12.6 Å². The van der Waals surface area contributed by atoms with Crippen molar-refractivity contribution < 1.29 is 4.92 Å². The van der Waals surface area contributed by atoms with Gasteiger partial charge in [0.15, 0.2) is 0 Å². The van der Waals surface area contributed by atoms with Gasteiger partial charge >= 0.3 is 0 Å². The second-order valence-electron chi connectivity index (χ2n) is 2.86. The topological polar surface area (TPSA) is 43.1 Å². The summed E-state index contributed by atoms with van der Waals surface area (Å²) in [5.41, 5.74) is 0.952. The Balaban J connectivity index is 2.96. The lowest BCUT2D eigenvalue weighted by molar-refractivity contribution is -0.385. The van der Waals surface area contributed by atoms with Crippen LogP contribution in [0.15, 0.2) is 22.7 Å². The molecule has 0 heterocycles. The quantitative estimate of drug-likeness (QED) is 0.521. The van der Waals surface area contributed by atoms with Crippen LogP contribution in [-0.2, 0) is 6.42 Å². The summed E-state index contributed by atoms with van der Waals surface area (Å²) in [5.74, 6) is 0.743. The summed E-state index contributed by atoms with van der Waals surface area (Å²) in [5, 5.41) is 10.7. The Morgan fingerprint density at radius 2 is 2.21 bits per heavy atom. The average Bonchev–Trinajstić information content (AvgIpc) is 2.15. The minimum atomic E-state index is -0.349. The molecule has 0 N–H and O–H groups in total. The van der Waals surface area contributed by atoms with Crippen molar-refractivity contribution in [2.24, 2.45) is 0 Å². The number of benzene rings is 1. The number of nitrogens with zero attached hydrogens (tertiary/aromatic N) is 1. The zero-order valence-electron chi connectivity index (χ0n) is 7.44. The Bertz CT molecular complexity index is 344. The summed E-state index contributed by atoms with van der Waals surface area (Å²) in [6.45, 7) is 0. The minimum absolute atomic E-state index is 0.182. The van der Waals surface area contributed by atoms with Gasteiger partial charge in [-0.15, -0.1) is 0 Å². The van der Waals surface area contributed by atoms with Crippen LogP contribution in [0.25, 0.3) is 0 Å². The van der Waals surface area contributed by atoms with Crippen LogP contribution < -0.4 is 0 Å². The Kier molecular flexibility index (Phi) is 4.41. The van der Waals surface area contributed by atoms with Crippen LogP contribution in [0.1, 0.15) is 12.0 Å². The molecule has 0 amide bonds. The van der Waals surface area contributed by atoms with E-state index in [4.69, 9.17) is 0 Å². The highest BCUT2D eigenvalue weighted by atomic mass is 79.9. The number of aryl methyl sites for hydroxylation is 1. The van der Waals surface area contributed by atoms with E-state index in [1.807, 2.05) is 6.07 Å². The number of halogens is 1. The van der Waals surface area contributed by atoms with E-state index in [-0.39, 0.29) is 10.6 Å². The first-order chi connectivity index (χ1) is 6.65. The van der Waals surface area contributed by atoms with Crippen molar-refractivity contribution >= 4 is 34.2 Å². The van der Waals surface area contributed by atoms with E-state index in [2.05, 4.69) is 28.6 Å². The standard InChI is InChI=1S/C9H10BrNO2S/c10-8-4-3-7(2-1-5-14)9(6-8)11(12)13/h3-4,6,14H,1-2,5H2. The summed E-state index contributed by atoms with van der Waals surface area (Å²) in [6.07, 6.45) is 1.55. The van der Waals surface area contributed by atoms with Crippen molar-refractivity contribution in [1.82, 2.24) is 0 Å². The third kappa shape index (κ3) is 2.99. The van der Waals surface area contributed by atoms with Gasteiger partial charge in [0.1, 0.15) is 0 Å². The van der Waals surface area contributed by atoms with Gasteiger partial charge in [0, 0.05) is 16.1 Å². The van der Waals surface area contributed by atoms with Crippen molar-refractivity contribution in [2.75, 3.05) is 5.75 Å². The van der Waals surface area contributed by atoms with Gasteiger partial charge in [-0.05, 0) is 24.7 Å². The molecule has 0 aromatic heterocycles. The smallest absolute Gasteiger partial charge is 0.258 e. The normalized spacial score (nSPS) is 10.1. The second kappa shape index (κ2) is 5.36. The molecule has 0 atom stereocenters. The Hall–Kier alpha value is -0.550. The molecule has 0 saturated heterocycles. The highest BCUT2D eigenvalue weighted by Crippen LogP contribution is 2.24. The molecule has 0 aliphatic rings. The number of rotatable bonds is 4. The zero-order chi connectivity index (χ0) is 10.6. The highest BCUT2D eigenvalue weighted by Gasteiger charge is 2.12. The molecule has 14 heavy (non-hydrogen) atoms. The monoisotopic (exact) mass is 275 g/mol. The first kappa shape index (κ1) is 11.5. The van der Waals surface area contributed by atoms with E-state index in [9.17, 15) is 10.1 Å². The molecule has 0 saturated carbocycles. The molecular formula is C9H10BrNO2S. The summed E-state index contributed by atoms with van der Waals surface area (Å²) in [6, 6.07) is 5.14. The summed E-state index contributed by atoms with van der Waals surface area (Å²) in [7, 11) is 0. The van der Waals surface area contributed by atoms with E-state index >= 15 is 0 Å². The van der Waals surface area contributed by atoms with Crippen molar-refractivity contribution in [3.8, 4) is 0 Å². The maximum Gasteiger partial charge on any atom is 0.273 e. The molecule has 0 unspecified atom stereocenters. The fourth-order valence-corrected chi connectivity index (χ4v) is 1.69. The van der Waals surface area contributed by atoms with Crippen LogP contribution in [0.2, 0.25) is 0 Å². The molecule has 0 fully saturated rings. The van der Waals surface area contributed by atoms with Crippen LogP contribution in [0.3, 0.4) is 0 Å². The van der Waals surface area contributed by atoms with Crippen LogP contribution in [0.5, 0.6) is 0 Å². The number of nitro benzene ring substituents is 1. The Morgan fingerprint density at radius 1 is 1.50 bits per heavy atom. The predicted octanol–water partition coefficient (Wildman–Crippen LogP) is 3.22. The first-order valence-electron chi connectivity index (χ1n) is 4.19. The molecule has 5 heteroatoms. The van der Waals surface area contributed by atoms with E-state index < -0.39 is 0 Å². The SMILES string of the molecule is O=[N+]([O-])c1cc(Br)ccc1CCCS. The molecule has 0 aliphatic heterocycles. The van der Waals surface area contributed by atoms with Crippen LogP contribution >= 0.6 is 28.6 Å². The van der Waals surface area contributed by atoms with Crippen molar-refractivity contribution in [3.05, 3.63) is 38.3 Å². The molecule has 1 aromatic carbocycles. The fourth-order valence-electron chi connectivity index (χ4n) is 1.19. The van der Waals surface area contributed by atoms with Gasteiger partial charge in [0.25, 0.3) is 5.69 Å². The summed E-state index contributed by atoms with van der Waals surface area (Å²) < 4.78 is 0.735. The predicted molar refractivity (Wildman–Crippen MR) is 63.0 cm³/mol. The van der Waals surface area contributed by atoms with Crippen LogP contribution in [0.4, 0.5) is 5.69 Å². The van der Waals surface area contributed by atoms with Crippen LogP contribution in [-0.4, -0.2) is 10.7 Å². The number of thiol groups is 1. The largest absolute Gasteiger partial charge is 0.273 e. The third-order valence-corrected chi connectivity index (χ3v) is 2.66. The van der Waals surface area contributed by atoms with Crippen LogP contribution in [0, 0.1) is 10.1 Å². The van der Waals surface area contributed by atoms with E-state index in [1.165, 1.54) is 6.07 Å². The Labute approximate surface area is 96.2 Å². The lowest BCUT2D eigenvalue weighted by atomic mass is 10.1. The molecule has 1 aromatic rings. The van der Waals surface area contributed by atoms with Gasteiger partial charge < -0.3 is 0 Å². The van der Waals surface area contributed by atoms with Gasteiger partial charge in [-0.1, -0.05) is 22.0 Å². The first-order valence-corrected chi connectivity index (χ1v) is 5.61.